The van der Waals surface area contributed by atoms with E-state index < -0.39 is 0 Å². The summed E-state index contributed by atoms with van der Waals surface area (Å²) < 4.78 is 0. The van der Waals surface area contributed by atoms with Gasteiger partial charge in [-0.3, -0.25) is 0 Å². The Balaban J connectivity index is 2.70. The average molecular weight is 243 g/mol. The van der Waals surface area contributed by atoms with E-state index >= 15 is 0 Å². The number of anilines is 2. The third-order valence-corrected chi connectivity index (χ3v) is 3.35. The van der Waals surface area contributed by atoms with Crippen molar-refractivity contribution >= 4 is 22.3 Å². The molecule has 0 unspecified atom stereocenters. The third kappa shape index (κ3) is 2.13. The Kier molecular flexibility index (Phi) is 3.70. The van der Waals surface area contributed by atoms with Crippen LogP contribution < -0.4 is 10.2 Å². The number of fused-ring (bicyclic) bond motifs is 1. The molecule has 18 heavy (non-hydrogen) atoms. The normalized spacial score (nSPS) is 10.7. The molecule has 1 heterocycles. The summed E-state index contributed by atoms with van der Waals surface area (Å²) in [6.07, 6.45) is 1.93. The molecule has 0 spiro atoms. The molecule has 0 aliphatic heterocycles. The first kappa shape index (κ1) is 12.7. The van der Waals surface area contributed by atoms with E-state index in [1.54, 1.807) is 0 Å². The maximum Gasteiger partial charge on any atom is 0.136 e. The van der Waals surface area contributed by atoms with Gasteiger partial charge in [0.25, 0.3) is 0 Å². The Bertz CT molecular complexity index is 545. The molecule has 2 rings (SSSR count). The van der Waals surface area contributed by atoms with E-state index in [0.717, 1.165) is 24.6 Å². The molecule has 0 fully saturated rings. The summed E-state index contributed by atoms with van der Waals surface area (Å²) in [5.74, 6) is 1.08. The van der Waals surface area contributed by atoms with Gasteiger partial charge in [0.15, 0.2) is 0 Å². The molecule has 96 valence electrons. The van der Waals surface area contributed by atoms with Crippen LogP contribution in [-0.4, -0.2) is 25.1 Å². The van der Waals surface area contributed by atoms with Crippen molar-refractivity contribution in [1.29, 1.82) is 0 Å². The van der Waals surface area contributed by atoms with E-state index in [0.29, 0.717) is 0 Å². The molecular weight excluding hydrogens is 222 g/mol. The van der Waals surface area contributed by atoms with Gasteiger partial charge in [0.1, 0.15) is 5.82 Å². The number of nitrogens with one attached hydrogen (secondary N) is 1. The van der Waals surface area contributed by atoms with E-state index in [-0.39, 0.29) is 0 Å². The lowest BCUT2D eigenvalue weighted by atomic mass is 10.1. The number of aromatic nitrogens is 1. The quantitative estimate of drug-likeness (QED) is 0.891. The van der Waals surface area contributed by atoms with Crippen molar-refractivity contribution in [3.05, 3.63) is 30.0 Å². The molecule has 0 atom stereocenters. The largest absolute Gasteiger partial charge is 0.386 e. The first-order valence-electron chi connectivity index (χ1n) is 6.53. The highest BCUT2D eigenvalue weighted by Gasteiger charge is 2.11. The fourth-order valence-corrected chi connectivity index (χ4v) is 2.32. The lowest BCUT2D eigenvalue weighted by Gasteiger charge is -2.22. The maximum atomic E-state index is 4.61. The van der Waals surface area contributed by atoms with Gasteiger partial charge in [-0.2, -0.15) is 0 Å². The zero-order chi connectivity index (χ0) is 13.1. The summed E-state index contributed by atoms with van der Waals surface area (Å²) in [4.78, 5) is 6.90. The fourth-order valence-electron chi connectivity index (χ4n) is 2.32. The van der Waals surface area contributed by atoms with E-state index in [2.05, 4.69) is 54.2 Å². The summed E-state index contributed by atoms with van der Waals surface area (Å²) in [5.41, 5.74) is 2.36. The topological polar surface area (TPSA) is 28.2 Å². The van der Waals surface area contributed by atoms with Crippen molar-refractivity contribution in [3.8, 4) is 0 Å². The fraction of sp³-hybridized carbons (Fsp3) is 0.400. The average Bonchev–Trinajstić information content (AvgIpc) is 2.39. The zero-order valence-corrected chi connectivity index (χ0v) is 11.6. The minimum atomic E-state index is 0.978. The summed E-state index contributed by atoms with van der Waals surface area (Å²) >= 11 is 0. The maximum absolute atomic E-state index is 4.61. The predicted octanol–water partition coefficient (Wildman–Crippen LogP) is 3.43. The minimum absolute atomic E-state index is 0.978. The van der Waals surface area contributed by atoms with Gasteiger partial charge in [-0.15, -0.1) is 0 Å². The Labute approximate surface area is 109 Å². The lowest BCUT2D eigenvalue weighted by Crippen LogP contribution is -2.23. The first-order chi connectivity index (χ1) is 8.71. The van der Waals surface area contributed by atoms with Crippen molar-refractivity contribution in [1.82, 2.24) is 4.98 Å². The second-order valence-corrected chi connectivity index (χ2v) is 4.47. The van der Waals surface area contributed by atoms with E-state index in [4.69, 9.17) is 0 Å². The van der Waals surface area contributed by atoms with Crippen LogP contribution >= 0.6 is 0 Å². The SMILES string of the molecule is CCN(CC)c1ncc(NC)c2cc(C)ccc12. The molecule has 0 amide bonds. The molecule has 0 aliphatic carbocycles. The number of rotatable bonds is 4. The molecular formula is C15H21N3. The minimum Gasteiger partial charge on any atom is -0.386 e. The molecule has 1 N–H and O–H groups in total. The van der Waals surface area contributed by atoms with Crippen LogP contribution in [0.25, 0.3) is 10.8 Å². The van der Waals surface area contributed by atoms with Gasteiger partial charge in [-0.05, 0) is 26.8 Å². The Hall–Kier alpha value is -1.77. The molecule has 0 bridgehead atoms. The highest BCUT2D eigenvalue weighted by molar-refractivity contribution is 6.00. The standard InChI is InChI=1S/C15H21N3/c1-5-18(6-2)15-12-8-7-11(3)9-13(12)14(16-4)10-17-15/h7-10,16H,5-6H2,1-4H3. The van der Waals surface area contributed by atoms with Gasteiger partial charge in [0, 0.05) is 30.9 Å². The molecule has 0 radical (unpaired) electrons. The van der Waals surface area contributed by atoms with Gasteiger partial charge < -0.3 is 10.2 Å². The van der Waals surface area contributed by atoms with Crippen molar-refractivity contribution in [2.45, 2.75) is 20.8 Å². The van der Waals surface area contributed by atoms with Crippen LogP contribution in [0.3, 0.4) is 0 Å². The molecule has 1 aromatic carbocycles. The molecule has 2 aromatic rings. The summed E-state index contributed by atoms with van der Waals surface area (Å²) in [6, 6.07) is 6.54. The van der Waals surface area contributed by atoms with Crippen molar-refractivity contribution in [2.75, 3.05) is 30.4 Å². The molecule has 0 saturated carbocycles. The highest BCUT2D eigenvalue weighted by atomic mass is 15.2. The van der Waals surface area contributed by atoms with Gasteiger partial charge >= 0.3 is 0 Å². The molecule has 3 heteroatoms. The van der Waals surface area contributed by atoms with Gasteiger partial charge in [-0.25, -0.2) is 4.98 Å². The number of pyridine rings is 1. The van der Waals surface area contributed by atoms with Crippen LogP contribution in [0.2, 0.25) is 0 Å². The second kappa shape index (κ2) is 5.25. The smallest absolute Gasteiger partial charge is 0.136 e. The van der Waals surface area contributed by atoms with Crippen molar-refractivity contribution in [2.24, 2.45) is 0 Å². The number of nitrogens with zero attached hydrogens (tertiary/aromatic N) is 2. The Morgan fingerprint density at radius 2 is 1.89 bits per heavy atom. The van der Waals surface area contributed by atoms with E-state index in [1.165, 1.54) is 16.3 Å². The second-order valence-electron chi connectivity index (χ2n) is 4.47. The number of hydrogen-bond acceptors (Lipinski definition) is 3. The van der Waals surface area contributed by atoms with Crippen LogP contribution in [0.4, 0.5) is 11.5 Å². The lowest BCUT2D eigenvalue weighted by molar-refractivity contribution is 0.852. The first-order valence-corrected chi connectivity index (χ1v) is 6.53. The van der Waals surface area contributed by atoms with Crippen LogP contribution in [0.1, 0.15) is 19.4 Å². The van der Waals surface area contributed by atoms with Gasteiger partial charge in [0.2, 0.25) is 0 Å². The number of hydrogen-bond donors (Lipinski definition) is 1. The zero-order valence-electron chi connectivity index (χ0n) is 11.6. The number of aryl methyl sites for hydroxylation is 1. The van der Waals surface area contributed by atoms with Crippen LogP contribution in [0.15, 0.2) is 24.4 Å². The third-order valence-electron chi connectivity index (χ3n) is 3.35. The summed E-state index contributed by atoms with van der Waals surface area (Å²) in [7, 11) is 1.94. The van der Waals surface area contributed by atoms with Crippen LogP contribution in [0, 0.1) is 6.92 Å². The molecule has 0 saturated heterocycles. The van der Waals surface area contributed by atoms with E-state index in [9.17, 15) is 0 Å². The van der Waals surface area contributed by atoms with Gasteiger partial charge in [-0.1, -0.05) is 17.7 Å². The summed E-state index contributed by atoms with van der Waals surface area (Å²) in [5, 5.41) is 5.68. The predicted molar refractivity (Wildman–Crippen MR) is 79.6 cm³/mol. The van der Waals surface area contributed by atoms with E-state index in [1.807, 2.05) is 13.2 Å². The Morgan fingerprint density at radius 1 is 1.17 bits per heavy atom. The van der Waals surface area contributed by atoms with Crippen LogP contribution in [0.5, 0.6) is 0 Å². The molecule has 1 aromatic heterocycles. The monoisotopic (exact) mass is 243 g/mol. The number of benzene rings is 1. The van der Waals surface area contributed by atoms with Crippen molar-refractivity contribution < 1.29 is 0 Å². The molecule has 0 aliphatic rings. The highest BCUT2D eigenvalue weighted by Crippen LogP contribution is 2.30. The molecule has 3 nitrogen and oxygen atoms in total. The Morgan fingerprint density at radius 3 is 2.50 bits per heavy atom. The van der Waals surface area contributed by atoms with Gasteiger partial charge in [0.05, 0.1) is 11.9 Å². The van der Waals surface area contributed by atoms with Crippen molar-refractivity contribution in [3.63, 3.8) is 0 Å². The summed E-state index contributed by atoms with van der Waals surface area (Å²) in [6.45, 7) is 8.40. The van der Waals surface area contributed by atoms with Crippen LogP contribution in [-0.2, 0) is 0 Å².